The molecular weight excluding hydrogens is 266 g/mol. The highest BCUT2D eigenvalue weighted by Gasteiger charge is 2.21. The van der Waals surface area contributed by atoms with Gasteiger partial charge in [0.05, 0.1) is 0 Å². The summed E-state index contributed by atoms with van der Waals surface area (Å²) in [4.78, 5) is 22.8. The Balaban J connectivity index is 2.56. The van der Waals surface area contributed by atoms with Crippen LogP contribution in [-0.2, 0) is 4.79 Å². The van der Waals surface area contributed by atoms with Crippen molar-refractivity contribution in [3.63, 3.8) is 0 Å². The largest absolute Gasteiger partial charge is 0.341 e. The second-order valence-corrected chi connectivity index (χ2v) is 4.83. The van der Waals surface area contributed by atoms with Crippen LogP contribution in [0.1, 0.15) is 25.5 Å². The summed E-state index contributed by atoms with van der Waals surface area (Å²) in [7, 11) is 1.47. The Hall–Kier alpha value is -1.59. The van der Waals surface area contributed by atoms with Crippen molar-refractivity contribution >= 4 is 23.5 Å². The smallest absolute Gasteiger partial charge is 0.321 e. The molecule has 0 radical (unpaired) electrons. The van der Waals surface area contributed by atoms with Gasteiger partial charge >= 0.3 is 6.03 Å². The lowest BCUT2D eigenvalue weighted by Crippen LogP contribution is -2.92. The molecule has 0 unspecified atom stereocenters. The topological polar surface area (TPSA) is 74.8 Å². The van der Waals surface area contributed by atoms with Crippen LogP contribution < -0.4 is 16.0 Å². The second-order valence-electron chi connectivity index (χ2n) is 4.39. The molecule has 4 N–H and O–H groups in total. The van der Waals surface area contributed by atoms with Crippen molar-refractivity contribution in [3.8, 4) is 0 Å². The molecule has 0 bridgehead atoms. The summed E-state index contributed by atoms with van der Waals surface area (Å²) in [6.45, 7) is 3.75. The Morgan fingerprint density at radius 2 is 1.79 bits per heavy atom. The molecule has 3 amide bonds. The molecule has 1 aromatic rings. The van der Waals surface area contributed by atoms with Crippen molar-refractivity contribution in [2.75, 3.05) is 7.05 Å². The van der Waals surface area contributed by atoms with E-state index in [9.17, 15) is 9.59 Å². The average Bonchev–Trinajstić information content (AvgIpc) is 2.38. The minimum absolute atomic E-state index is 0.0997. The summed E-state index contributed by atoms with van der Waals surface area (Å²) in [6.07, 6.45) is 0. The summed E-state index contributed by atoms with van der Waals surface area (Å²) >= 11 is 5.83. The summed E-state index contributed by atoms with van der Waals surface area (Å²) in [5, 5.41) is 7.17. The maximum absolute atomic E-state index is 11.7. The van der Waals surface area contributed by atoms with Crippen molar-refractivity contribution in [1.82, 2.24) is 10.6 Å². The fourth-order valence-corrected chi connectivity index (χ4v) is 1.81. The number of benzene rings is 1. The van der Waals surface area contributed by atoms with Crippen molar-refractivity contribution in [2.24, 2.45) is 0 Å². The van der Waals surface area contributed by atoms with E-state index in [-0.39, 0.29) is 18.0 Å². The summed E-state index contributed by atoms with van der Waals surface area (Å²) < 4.78 is 0. The highest BCUT2D eigenvalue weighted by molar-refractivity contribution is 6.30. The van der Waals surface area contributed by atoms with E-state index in [1.165, 1.54) is 7.05 Å². The first kappa shape index (κ1) is 15.5. The van der Waals surface area contributed by atoms with Crippen molar-refractivity contribution < 1.29 is 14.9 Å². The number of halogens is 1. The maximum atomic E-state index is 11.7. The summed E-state index contributed by atoms with van der Waals surface area (Å²) in [5.74, 6) is -0.319. The lowest BCUT2D eigenvalue weighted by atomic mass is 10.1. The number of hydrogen-bond acceptors (Lipinski definition) is 2. The molecule has 1 rings (SSSR count). The fraction of sp³-hybridized carbons (Fsp3) is 0.385. The molecule has 1 aromatic carbocycles. The third-order valence-corrected chi connectivity index (χ3v) is 3.10. The summed E-state index contributed by atoms with van der Waals surface area (Å²) in [6, 6.07) is 6.72. The Morgan fingerprint density at radius 1 is 1.21 bits per heavy atom. The molecule has 6 heteroatoms. The van der Waals surface area contributed by atoms with Gasteiger partial charge in [-0.15, -0.1) is 0 Å². The Kier molecular flexibility index (Phi) is 5.79. The molecule has 0 aliphatic carbocycles. The first-order valence-electron chi connectivity index (χ1n) is 6.07. The van der Waals surface area contributed by atoms with Crippen molar-refractivity contribution in [3.05, 3.63) is 34.9 Å². The number of carbonyl (C=O) groups is 2. The van der Waals surface area contributed by atoms with Gasteiger partial charge in [-0.05, 0) is 26.0 Å². The van der Waals surface area contributed by atoms with Gasteiger partial charge in [0.2, 0.25) is 0 Å². The molecule has 0 aliphatic heterocycles. The molecular formula is C13H19ClN3O2+. The van der Waals surface area contributed by atoms with Crippen LogP contribution in [0.25, 0.3) is 0 Å². The van der Waals surface area contributed by atoms with Gasteiger partial charge in [-0.25, -0.2) is 4.79 Å². The molecule has 19 heavy (non-hydrogen) atoms. The first-order valence-corrected chi connectivity index (χ1v) is 6.45. The Bertz CT molecular complexity index is 448. The van der Waals surface area contributed by atoms with Gasteiger partial charge < -0.3 is 10.6 Å². The molecule has 5 nitrogen and oxygen atoms in total. The number of carbonyl (C=O) groups excluding carboxylic acids is 2. The van der Waals surface area contributed by atoms with Crippen LogP contribution in [0.2, 0.25) is 5.02 Å². The zero-order valence-corrected chi connectivity index (χ0v) is 12.0. The van der Waals surface area contributed by atoms with E-state index in [0.717, 1.165) is 5.56 Å². The van der Waals surface area contributed by atoms with Crippen LogP contribution in [0.3, 0.4) is 0 Å². The molecule has 2 atom stereocenters. The number of hydrogen-bond donors (Lipinski definition) is 3. The maximum Gasteiger partial charge on any atom is 0.321 e. The van der Waals surface area contributed by atoms with E-state index in [1.807, 2.05) is 36.5 Å². The van der Waals surface area contributed by atoms with Gasteiger partial charge in [-0.2, -0.15) is 0 Å². The lowest BCUT2D eigenvalue weighted by molar-refractivity contribution is -0.710. The number of nitrogens with two attached hydrogens (primary N) is 1. The van der Waals surface area contributed by atoms with Gasteiger partial charge in [-0.1, -0.05) is 23.7 Å². The Morgan fingerprint density at radius 3 is 2.32 bits per heavy atom. The molecule has 0 fully saturated rings. The molecule has 0 aliphatic rings. The van der Waals surface area contributed by atoms with Gasteiger partial charge in [0.1, 0.15) is 6.04 Å². The minimum atomic E-state index is -0.496. The van der Waals surface area contributed by atoms with E-state index >= 15 is 0 Å². The number of amides is 3. The third kappa shape index (κ3) is 4.89. The Labute approximate surface area is 117 Å². The quantitative estimate of drug-likeness (QED) is 0.765. The molecule has 0 spiro atoms. The zero-order valence-electron chi connectivity index (χ0n) is 11.2. The predicted molar refractivity (Wildman–Crippen MR) is 73.9 cm³/mol. The van der Waals surface area contributed by atoms with Crippen LogP contribution >= 0.6 is 11.6 Å². The number of rotatable bonds is 4. The van der Waals surface area contributed by atoms with Gasteiger partial charge in [0, 0.05) is 17.6 Å². The van der Waals surface area contributed by atoms with Crippen LogP contribution in [-0.4, -0.2) is 25.0 Å². The van der Waals surface area contributed by atoms with Crippen molar-refractivity contribution in [1.29, 1.82) is 0 Å². The van der Waals surface area contributed by atoms with E-state index < -0.39 is 6.03 Å². The first-order chi connectivity index (χ1) is 8.93. The normalized spacial score (nSPS) is 13.5. The van der Waals surface area contributed by atoms with Crippen LogP contribution in [0.15, 0.2) is 24.3 Å². The van der Waals surface area contributed by atoms with Crippen molar-refractivity contribution in [2.45, 2.75) is 25.9 Å². The standard InChI is InChI=1S/C13H18ClN3O2/c1-8(10-4-6-11(14)7-5-10)16-9(2)12(18)17-13(19)15-3/h4-9,16H,1-3H3,(H2,15,17,18,19)/p+1/t8-,9+/m1/s1. The molecule has 104 valence electrons. The average molecular weight is 285 g/mol. The second kappa shape index (κ2) is 7.11. The molecule has 0 aromatic heterocycles. The SMILES string of the molecule is CNC(=O)NC(=O)[C@H](C)[NH2+][C@H](C)c1ccc(Cl)cc1. The minimum Gasteiger partial charge on any atom is -0.341 e. The zero-order chi connectivity index (χ0) is 14.4. The van der Waals surface area contributed by atoms with E-state index in [4.69, 9.17) is 11.6 Å². The van der Waals surface area contributed by atoms with Crippen LogP contribution in [0.4, 0.5) is 4.79 Å². The van der Waals surface area contributed by atoms with E-state index in [2.05, 4.69) is 10.6 Å². The van der Waals surface area contributed by atoms with Crippen LogP contribution in [0.5, 0.6) is 0 Å². The number of imide groups is 1. The molecule has 0 heterocycles. The molecule has 0 saturated heterocycles. The summed E-state index contributed by atoms with van der Waals surface area (Å²) in [5.41, 5.74) is 1.07. The van der Waals surface area contributed by atoms with Crippen LogP contribution in [0, 0.1) is 0 Å². The lowest BCUT2D eigenvalue weighted by Gasteiger charge is -2.16. The number of urea groups is 1. The van der Waals surface area contributed by atoms with E-state index in [0.29, 0.717) is 5.02 Å². The highest BCUT2D eigenvalue weighted by Crippen LogP contribution is 2.13. The van der Waals surface area contributed by atoms with Gasteiger partial charge in [0.15, 0.2) is 6.04 Å². The highest BCUT2D eigenvalue weighted by atomic mass is 35.5. The van der Waals surface area contributed by atoms with Gasteiger partial charge in [-0.3, -0.25) is 10.1 Å². The predicted octanol–water partition coefficient (Wildman–Crippen LogP) is 0.808. The number of quaternary nitrogens is 1. The number of nitrogens with one attached hydrogen (secondary N) is 2. The third-order valence-electron chi connectivity index (χ3n) is 2.85. The van der Waals surface area contributed by atoms with Gasteiger partial charge in [0.25, 0.3) is 5.91 Å². The van der Waals surface area contributed by atoms with E-state index in [1.54, 1.807) is 6.92 Å². The molecule has 0 saturated carbocycles. The monoisotopic (exact) mass is 284 g/mol. The fourth-order valence-electron chi connectivity index (χ4n) is 1.69.